The summed E-state index contributed by atoms with van der Waals surface area (Å²) < 4.78 is 26.4. The quantitative estimate of drug-likeness (QED) is 0.872. The van der Waals surface area contributed by atoms with Gasteiger partial charge in [-0.05, 0) is 36.1 Å². The lowest BCUT2D eigenvalue weighted by molar-refractivity contribution is 0.511. The van der Waals surface area contributed by atoms with Crippen molar-refractivity contribution in [3.05, 3.63) is 71.4 Å². The summed E-state index contributed by atoms with van der Waals surface area (Å²) in [6.07, 6.45) is 3.50. The molecular formula is C17H17NO2S. The molecule has 0 atom stereocenters. The normalized spacial score (nSPS) is 16.2. The van der Waals surface area contributed by atoms with Gasteiger partial charge in [0.15, 0.2) is 0 Å². The molecule has 0 N–H and O–H groups in total. The van der Waals surface area contributed by atoms with E-state index in [0.29, 0.717) is 11.3 Å². The van der Waals surface area contributed by atoms with E-state index in [-0.39, 0.29) is 0 Å². The Bertz CT molecular complexity index is 779. The second-order valence-electron chi connectivity index (χ2n) is 5.13. The van der Waals surface area contributed by atoms with Gasteiger partial charge in [-0.2, -0.15) is 0 Å². The average molecular weight is 299 g/mol. The van der Waals surface area contributed by atoms with E-state index < -0.39 is 10.0 Å². The van der Waals surface area contributed by atoms with E-state index >= 15 is 0 Å². The fourth-order valence-electron chi connectivity index (χ4n) is 2.55. The molecule has 0 saturated carbocycles. The number of nitrogens with zero attached hydrogens (tertiary/aromatic N) is 1. The van der Waals surface area contributed by atoms with Gasteiger partial charge in [-0.1, -0.05) is 48.5 Å². The zero-order valence-electron chi connectivity index (χ0n) is 11.9. The third-order valence-corrected chi connectivity index (χ3v) is 5.68. The van der Waals surface area contributed by atoms with Gasteiger partial charge in [0.2, 0.25) is 0 Å². The summed E-state index contributed by atoms with van der Waals surface area (Å²) >= 11 is 0. The van der Waals surface area contributed by atoms with Crippen LogP contribution in [0.1, 0.15) is 17.5 Å². The van der Waals surface area contributed by atoms with Gasteiger partial charge in [0.25, 0.3) is 10.0 Å². The summed E-state index contributed by atoms with van der Waals surface area (Å²) in [5.41, 5.74) is 2.82. The standard InChI is InChI=1S/C17H17NO2S/c1-18-16(12-11-14-7-3-2-4-8-14)13-15-9-5-6-10-17(15)21(18,19)20/h2-10,13H,11-12H2,1H3. The molecule has 0 aliphatic carbocycles. The van der Waals surface area contributed by atoms with Crippen molar-refractivity contribution in [2.75, 3.05) is 7.05 Å². The Morgan fingerprint density at radius 1 is 0.905 bits per heavy atom. The van der Waals surface area contributed by atoms with Gasteiger partial charge in [0.05, 0.1) is 4.90 Å². The van der Waals surface area contributed by atoms with Crippen LogP contribution >= 0.6 is 0 Å². The topological polar surface area (TPSA) is 37.4 Å². The number of allylic oxidation sites excluding steroid dienone is 1. The maximum atomic E-state index is 12.5. The van der Waals surface area contributed by atoms with Gasteiger partial charge in [0, 0.05) is 12.7 Å². The minimum atomic E-state index is -3.41. The number of benzene rings is 2. The Kier molecular flexibility index (Phi) is 3.55. The van der Waals surface area contributed by atoms with Crippen LogP contribution in [0.25, 0.3) is 6.08 Å². The molecule has 1 heterocycles. The minimum Gasteiger partial charge on any atom is -0.273 e. The van der Waals surface area contributed by atoms with E-state index in [1.165, 1.54) is 9.87 Å². The van der Waals surface area contributed by atoms with E-state index in [9.17, 15) is 8.42 Å². The first-order chi connectivity index (χ1) is 10.1. The molecule has 1 aliphatic rings. The van der Waals surface area contributed by atoms with Gasteiger partial charge >= 0.3 is 0 Å². The lowest BCUT2D eigenvalue weighted by Gasteiger charge is -2.27. The Morgan fingerprint density at radius 2 is 1.57 bits per heavy atom. The Labute approximate surface area is 125 Å². The molecule has 3 nitrogen and oxygen atoms in total. The molecule has 3 rings (SSSR count). The lowest BCUT2D eigenvalue weighted by atomic mass is 10.1. The van der Waals surface area contributed by atoms with Gasteiger partial charge < -0.3 is 0 Å². The monoisotopic (exact) mass is 299 g/mol. The molecule has 2 aromatic rings. The highest BCUT2D eigenvalue weighted by atomic mass is 32.2. The molecule has 0 unspecified atom stereocenters. The SMILES string of the molecule is CN1C(CCc2ccccc2)=Cc2ccccc2S1(=O)=O. The van der Waals surface area contributed by atoms with Gasteiger partial charge in [-0.15, -0.1) is 0 Å². The number of aryl methyl sites for hydroxylation is 1. The molecule has 0 bridgehead atoms. The third-order valence-electron chi connectivity index (χ3n) is 3.80. The van der Waals surface area contributed by atoms with E-state index in [2.05, 4.69) is 12.1 Å². The highest BCUT2D eigenvalue weighted by molar-refractivity contribution is 7.89. The molecule has 108 valence electrons. The Morgan fingerprint density at radius 3 is 2.33 bits per heavy atom. The molecule has 0 radical (unpaired) electrons. The van der Waals surface area contributed by atoms with Crippen LogP contribution in [0.4, 0.5) is 0 Å². The molecule has 0 aromatic heterocycles. The third kappa shape index (κ3) is 2.59. The predicted molar refractivity (Wildman–Crippen MR) is 84.1 cm³/mol. The number of sulfonamides is 1. The van der Waals surface area contributed by atoms with Crippen molar-refractivity contribution in [1.82, 2.24) is 4.31 Å². The molecule has 0 saturated heterocycles. The largest absolute Gasteiger partial charge is 0.273 e. The maximum absolute atomic E-state index is 12.5. The second kappa shape index (κ2) is 5.37. The summed E-state index contributed by atoms with van der Waals surface area (Å²) in [5.74, 6) is 0. The number of fused-ring (bicyclic) bond motifs is 1. The van der Waals surface area contributed by atoms with E-state index in [4.69, 9.17) is 0 Å². The lowest BCUT2D eigenvalue weighted by Crippen LogP contribution is -2.29. The summed E-state index contributed by atoms with van der Waals surface area (Å²) in [6.45, 7) is 0. The maximum Gasteiger partial charge on any atom is 0.264 e. The van der Waals surface area contributed by atoms with E-state index in [1.807, 2.05) is 36.4 Å². The van der Waals surface area contributed by atoms with Crippen LogP contribution in [0.2, 0.25) is 0 Å². The second-order valence-corrected chi connectivity index (χ2v) is 7.07. The van der Waals surface area contributed by atoms with Crippen molar-refractivity contribution in [1.29, 1.82) is 0 Å². The molecule has 0 fully saturated rings. The molecule has 0 amide bonds. The highest BCUT2D eigenvalue weighted by Gasteiger charge is 2.28. The van der Waals surface area contributed by atoms with Crippen LogP contribution in [0.3, 0.4) is 0 Å². The first-order valence-electron chi connectivity index (χ1n) is 6.91. The van der Waals surface area contributed by atoms with Gasteiger partial charge in [-0.25, -0.2) is 8.42 Å². The number of rotatable bonds is 3. The van der Waals surface area contributed by atoms with Crippen LogP contribution in [-0.2, 0) is 16.4 Å². The summed E-state index contributed by atoms with van der Waals surface area (Å²) in [5, 5.41) is 0. The van der Waals surface area contributed by atoms with Crippen molar-refractivity contribution in [2.24, 2.45) is 0 Å². The zero-order chi connectivity index (χ0) is 14.9. The van der Waals surface area contributed by atoms with Crippen LogP contribution in [0.5, 0.6) is 0 Å². The molecule has 4 heteroatoms. The molecular weight excluding hydrogens is 282 g/mol. The first-order valence-corrected chi connectivity index (χ1v) is 8.35. The number of hydrogen-bond donors (Lipinski definition) is 0. The average Bonchev–Trinajstić information content (AvgIpc) is 2.51. The summed E-state index contributed by atoms with van der Waals surface area (Å²) in [6, 6.07) is 17.2. The van der Waals surface area contributed by atoms with Gasteiger partial charge in [-0.3, -0.25) is 4.31 Å². The van der Waals surface area contributed by atoms with E-state index in [1.54, 1.807) is 19.2 Å². The molecule has 1 aliphatic heterocycles. The van der Waals surface area contributed by atoms with Crippen molar-refractivity contribution in [2.45, 2.75) is 17.7 Å². The van der Waals surface area contributed by atoms with Crippen molar-refractivity contribution in [3.8, 4) is 0 Å². The smallest absolute Gasteiger partial charge is 0.264 e. The molecule has 21 heavy (non-hydrogen) atoms. The first kappa shape index (κ1) is 13.9. The van der Waals surface area contributed by atoms with Crippen LogP contribution < -0.4 is 0 Å². The minimum absolute atomic E-state index is 0.385. The van der Waals surface area contributed by atoms with Crippen LogP contribution in [-0.4, -0.2) is 19.8 Å². The summed E-state index contributed by atoms with van der Waals surface area (Å²) in [7, 11) is -1.78. The van der Waals surface area contributed by atoms with Crippen molar-refractivity contribution in [3.63, 3.8) is 0 Å². The van der Waals surface area contributed by atoms with Gasteiger partial charge in [0.1, 0.15) is 0 Å². The molecule has 0 spiro atoms. The van der Waals surface area contributed by atoms with Crippen LogP contribution in [0.15, 0.2) is 65.2 Å². The van der Waals surface area contributed by atoms with E-state index in [0.717, 1.165) is 17.7 Å². The fourth-order valence-corrected chi connectivity index (χ4v) is 3.98. The number of hydrogen-bond acceptors (Lipinski definition) is 2. The highest BCUT2D eigenvalue weighted by Crippen LogP contribution is 2.31. The van der Waals surface area contributed by atoms with Crippen molar-refractivity contribution >= 4 is 16.1 Å². The predicted octanol–water partition coefficient (Wildman–Crippen LogP) is 3.29. The summed E-state index contributed by atoms with van der Waals surface area (Å²) in [4.78, 5) is 0.385. The van der Waals surface area contributed by atoms with Crippen molar-refractivity contribution < 1.29 is 8.42 Å². The zero-order valence-corrected chi connectivity index (χ0v) is 12.7. The molecule has 2 aromatic carbocycles. The fraction of sp³-hybridized carbons (Fsp3) is 0.176. The van der Waals surface area contributed by atoms with Crippen LogP contribution in [0, 0.1) is 0 Å². The Balaban J connectivity index is 1.91. The Hall–Kier alpha value is -2.07.